The van der Waals surface area contributed by atoms with Crippen LogP contribution in [0, 0.1) is 11.8 Å². The molecule has 28 heavy (non-hydrogen) atoms. The van der Waals surface area contributed by atoms with Crippen LogP contribution in [-0.4, -0.2) is 35.6 Å². The minimum Gasteiger partial charge on any atom is -0.480 e. The van der Waals surface area contributed by atoms with Crippen LogP contribution in [0.2, 0.25) is 0 Å². The first kappa shape index (κ1) is 26.6. The van der Waals surface area contributed by atoms with Crippen molar-refractivity contribution in [2.75, 3.05) is 6.54 Å². The van der Waals surface area contributed by atoms with Crippen LogP contribution in [0.5, 0.6) is 0 Å². The van der Waals surface area contributed by atoms with Crippen molar-refractivity contribution in [3.8, 4) is 0 Å². The van der Waals surface area contributed by atoms with E-state index in [4.69, 9.17) is 0 Å². The topological polar surface area (TPSA) is 78.4 Å². The summed E-state index contributed by atoms with van der Waals surface area (Å²) in [5.41, 5.74) is 0. The Balaban J connectivity index is 4.23. The van der Waals surface area contributed by atoms with Gasteiger partial charge in [0.2, 0.25) is 5.91 Å². The molecular formula is C23H44N2O3. The summed E-state index contributed by atoms with van der Waals surface area (Å²) in [6, 6.07) is -1.14. The van der Waals surface area contributed by atoms with Crippen LogP contribution < -0.4 is 10.6 Å². The van der Waals surface area contributed by atoms with Gasteiger partial charge in [-0.2, -0.15) is 0 Å². The smallest absolute Gasteiger partial charge is 0.326 e. The van der Waals surface area contributed by atoms with Gasteiger partial charge in [0.15, 0.2) is 0 Å². The molecule has 0 unspecified atom stereocenters. The molecular weight excluding hydrogens is 352 g/mol. The van der Waals surface area contributed by atoms with Crippen LogP contribution in [0.1, 0.15) is 91.9 Å². The van der Waals surface area contributed by atoms with E-state index in [1.807, 2.05) is 19.9 Å². The monoisotopic (exact) mass is 396 g/mol. The second-order valence-corrected chi connectivity index (χ2v) is 8.72. The van der Waals surface area contributed by atoms with E-state index in [-0.39, 0.29) is 17.9 Å². The van der Waals surface area contributed by atoms with Gasteiger partial charge in [-0.1, -0.05) is 65.9 Å². The average Bonchev–Trinajstić information content (AvgIpc) is 2.60. The SMILES string of the molecule is C=CCCCCCCCCCN[C@@H](CC(C)C)C(=O)N[C@@H](CC(C)C)C(=O)O. The molecule has 0 rings (SSSR count). The Kier molecular flexibility index (Phi) is 15.8. The molecule has 164 valence electrons. The second-order valence-electron chi connectivity index (χ2n) is 8.72. The normalized spacial score (nSPS) is 13.5. The number of aliphatic carboxylic acids is 1. The first-order valence-corrected chi connectivity index (χ1v) is 11.1. The number of carboxylic acid groups (broad SMARTS) is 1. The molecule has 0 radical (unpaired) electrons. The molecule has 0 fully saturated rings. The molecule has 0 aromatic rings. The first-order chi connectivity index (χ1) is 13.3. The molecule has 0 saturated heterocycles. The maximum Gasteiger partial charge on any atom is 0.326 e. The molecule has 0 saturated carbocycles. The number of hydrogen-bond donors (Lipinski definition) is 3. The highest BCUT2D eigenvalue weighted by molar-refractivity contribution is 5.86. The van der Waals surface area contributed by atoms with Crippen molar-refractivity contribution in [2.24, 2.45) is 11.8 Å². The highest BCUT2D eigenvalue weighted by Crippen LogP contribution is 2.10. The highest BCUT2D eigenvalue weighted by atomic mass is 16.4. The number of rotatable bonds is 18. The van der Waals surface area contributed by atoms with Gasteiger partial charge in [0.1, 0.15) is 6.04 Å². The molecule has 0 aromatic carbocycles. The largest absolute Gasteiger partial charge is 0.480 e. The fourth-order valence-electron chi connectivity index (χ4n) is 3.29. The van der Waals surface area contributed by atoms with Crippen molar-refractivity contribution < 1.29 is 14.7 Å². The number of carbonyl (C=O) groups excluding carboxylic acids is 1. The average molecular weight is 397 g/mol. The minimum absolute atomic E-state index is 0.191. The number of nitrogens with one attached hydrogen (secondary N) is 2. The molecule has 0 aliphatic rings. The van der Waals surface area contributed by atoms with Crippen molar-refractivity contribution in [1.82, 2.24) is 10.6 Å². The molecule has 5 nitrogen and oxygen atoms in total. The van der Waals surface area contributed by atoms with Gasteiger partial charge in [0.25, 0.3) is 0 Å². The summed E-state index contributed by atoms with van der Waals surface area (Å²) in [6.07, 6.45) is 12.8. The van der Waals surface area contributed by atoms with Gasteiger partial charge in [-0.05, 0) is 50.5 Å². The lowest BCUT2D eigenvalue weighted by atomic mass is 10.0. The van der Waals surface area contributed by atoms with E-state index < -0.39 is 12.0 Å². The summed E-state index contributed by atoms with van der Waals surface area (Å²) in [5.74, 6) is -0.565. The summed E-state index contributed by atoms with van der Waals surface area (Å²) in [7, 11) is 0. The lowest BCUT2D eigenvalue weighted by molar-refractivity contribution is -0.142. The fourth-order valence-corrected chi connectivity index (χ4v) is 3.29. The van der Waals surface area contributed by atoms with E-state index in [1.165, 1.54) is 32.1 Å². The molecule has 0 aliphatic heterocycles. The zero-order valence-electron chi connectivity index (χ0n) is 18.6. The van der Waals surface area contributed by atoms with E-state index in [2.05, 4.69) is 31.1 Å². The number of carboxylic acids is 1. The summed E-state index contributed by atoms with van der Waals surface area (Å²) in [4.78, 5) is 24.0. The van der Waals surface area contributed by atoms with E-state index in [0.717, 1.165) is 25.8 Å². The standard InChI is InChI=1S/C23H44N2O3/c1-6-7-8-9-10-11-12-13-14-15-24-20(16-18(2)3)22(26)25-21(23(27)28)17-19(4)5/h6,18-21,24H,1,7-17H2,2-5H3,(H,25,26)(H,27,28)/t20-,21-/m0/s1. The maximum atomic E-state index is 12.6. The minimum atomic E-state index is -0.960. The third-order valence-electron chi connectivity index (χ3n) is 4.82. The quantitative estimate of drug-likeness (QED) is 0.227. The molecule has 0 heterocycles. The van der Waals surface area contributed by atoms with Gasteiger partial charge < -0.3 is 15.7 Å². The van der Waals surface area contributed by atoms with Crippen LogP contribution >= 0.6 is 0 Å². The van der Waals surface area contributed by atoms with Crippen molar-refractivity contribution in [1.29, 1.82) is 0 Å². The first-order valence-electron chi connectivity index (χ1n) is 11.1. The Labute approximate surface area is 172 Å². The molecule has 3 N–H and O–H groups in total. The van der Waals surface area contributed by atoms with E-state index in [9.17, 15) is 14.7 Å². The summed E-state index contributed by atoms with van der Waals surface area (Å²) >= 11 is 0. The Bertz CT molecular complexity index is 436. The van der Waals surface area contributed by atoms with Crippen LogP contribution in [-0.2, 0) is 9.59 Å². The number of amides is 1. The van der Waals surface area contributed by atoms with Crippen LogP contribution in [0.4, 0.5) is 0 Å². The maximum absolute atomic E-state index is 12.6. The molecule has 0 bridgehead atoms. The Hall–Kier alpha value is -1.36. The molecule has 5 heteroatoms. The van der Waals surface area contributed by atoms with Gasteiger partial charge in [0, 0.05) is 0 Å². The van der Waals surface area contributed by atoms with Gasteiger partial charge in [-0.15, -0.1) is 6.58 Å². The third kappa shape index (κ3) is 14.7. The van der Waals surface area contributed by atoms with Crippen molar-refractivity contribution in [3.05, 3.63) is 12.7 Å². The number of hydrogen-bond acceptors (Lipinski definition) is 3. The molecule has 2 atom stereocenters. The third-order valence-corrected chi connectivity index (χ3v) is 4.82. The van der Waals surface area contributed by atoms with Crippen molar-refractivity contribution in [3.63, 3.8) is 0 Å². The van der Waals surface area contributed by atoms with Crippen molar-refractivity contribution >= 4 is 11.9 Å². The van der Waals surface area contributed by atoms with E-state index in [0.29, 0.717) is 18.8 Å². The zero-order chi connectivity index (χ0) is 21.4. The van der Waals surface area contributed by atoms with Crippen LogP contribution in [0.3, 0.4) is 0 Å². The summed E-state index contributed by atoms with van der Waals surface area (Å²) in [6.45, 7) is 12.6. The number of carbonyl (C=O) groups is 2. The van der Waals surface area contributed by atoms with Crippen LogP contribution in [0.25, 0.3) is 0 Å². The second kappa shape index (κ2) is 16.6. The van der Waals surface area contributed by atoms with E-state index >= 15 is 0 Å². The lowest BCUT2D eigenvalue weighted by Gasteiger charge is -2.23. The van der Waals surface area contributed by atoms with Gasteiger partial charge in [-0.25, -0.2) is 4.79 Å². The number of allylic oxidation sites excluding steroid dienone is 1. The number of unbranched alkanes of at least 4 members (excludes halogenated alkanes) is 7. The fraction of sp³-hybridized carbons (Fsp3) is 0.826. The lowest BCUT2D eigenvalue weighted by Crippen LogP contribution is -2.51. The van der Waals surface area contributed by atoms with Gasteiger partial charge in [-0.3, -0.25) is 4.79 Å². The Morgan fingerprint density at radius 1 is 0.857 bits per heavy atom. The van der Waals surface area contributed by atoms with Crippen LogP contribution in [0.15, 0.2) is 12.7 Å². The molecule has 0 aliphatic carbocycles. The van der Waals surface area contributed by atoms with Gasteiger partial charge >= 0.3 is 5.97 Å². The Morgan fingerprint density at radius 3 is 1.86 bits per heavy atom. The summed E-state index contributed by atoms with van der Waals surface area (Å²) < 4.78 is 0. The molecule has 0 spiro atoms. The molecule has 0 aromatic heterocycles. The van der Waals surface area contributed by atoms with Gasteiger partial charge in [0.05, 0.1) is 6.04 Å². The van der Waals surface area contributed by atoms with Crippen molar-refractivity contribution in [2.45, 2.75) is 104 Å². The van der Waals surface area contributed by atoms with E-state index in [1.54, 1.807) is 0 Å². The zero-order valence-corrected chi connectivity index (χ0v) is 18.6. The predicted octanol–water partition coefficient (Wildman–Crippen LogP) is 4.91. The molecule has 1 amide bonds. The highest BCUT2D eigenvalue weighted by Gasteiger charge is 2.26. The summed E-state index contributed by atoms with van der Waals surface area (Å²) in [5, 5.41) is 15.4. The Morgan fingerprint density at radius 2 is 1.36 bits per heavy atom. The predicted molar refractivity (Wildman–Crippen MR) is 117 cm³/mol.